The van der Waals surface area contributed by atoms with Gasteiger partial charge in [-0.3, -0.25) is 4.79 Å². The van der Waals surface area contributed by atoms with Gasteiger partial charge in [-0.25, -0.2) is 22.2 Å². The number of carbonyl (C=O) groups is 1. The minimum atomic E-state index is -4.92. The van der Waals surface area contributed by atoms with Gasteiger partial charge in [-0.2, -0.15) is 9.29 Å². The summed E-state index contributed by atoms with van der Waals surface area (Å²) in [4.78, 5) is 20.9. The fourth-order valence-corrected chi connectivity index (χ4v) is 5.54. The molecular weight excluding hydrogens is 603 g/mol. The molecule has 0 spiro atoms. The van der Waals surface area contributed by atoms with Crippen LogP contribution in [0.4, 0.5) is 33.7 Å². The summed E-state index contributed by atoms with van der Waals surface area (Å²) < 4.78 is 93.3. The van der Waals surface area contributed by atoms with Crippen LogP contribution in [0.3, 0.4) is 0 Å². The predicted octanol–water partition coefficient (Wildman–Crippen LogP) is 4.66. The van der Waals surface area contributed by atoms with Crippen molar-refractivity contribution in [3.05, 3.63) is 77.7 Å². The highest BCUT2D eigenvalue weighted by Crippen LogP contribution is 2.31. The van der Waals surface area contributed by atoms with Crippen molar-refractivity contribution < 1.29 is 45.0 Å². The first kappa shape index (κ1) is 33.4. The zero-order valence-corrected chi connectivity index (χ0v) is 23.4. The Morgan fingerprint density at radius 3 is 2.21 bits per heavy atom. The number of carboxylic acid groups (broad SMARTS) is 1. The molecule has 234 valence electrons. The van der Waals surface area contributed by atoms with E-state index in [1.807, 2.05) is 0 Å². The maximum atomic E-state index is 13.1. The summed E-state index contributed by atoms with van der Waals surface area (Å²) >= 11 is 0. The van der Waals surface area contributed by atoms with Crippen molar-refractivity contribution in [3.63, 3.8) is 0 Å². The lowest BCUT2D eigenvalue weighted by atomic mass is 10.0. The van der Waals surface area contributed by atoms with Crippen molar-refractivity contribution in [2.24, 2.45) is 0 Å². The monoisotopic (exact) mass is 631 g/mol. The summed E-state index contributed by atoms with van der Waals surface area (Å²) in [7, 11) is -4.31. The lowest BCUT2D eigenvalue weighted by Crippen LogP contribution is -2.58. The molecule has 1 fully saturated rings. The van der Waals surface area contributed by atoms with Gasteiger partial charge in [0, 0.05) is 37.8 Å². The molecule has 11 nitrogen and oxygen atoms in total. The van der Waals surface area contributed by atoms with E-state index in [4.69, 9.17) is 11.5 Å². The maximum absolute atomic E-state index is 13.1. The molecule has 0 unspecified atom stereocenters. The highest BCUT2D eigenvalue weighted by Gasteiger charge is 2.41. The van der Waals surface area contributed by atoms with Gasteiger partial charge in [0.25, 0.3) is 5.92 Å². The number of rotatable bonds is 8. The third kappa shape index (κ3) is 8.71. The number of hydrogen-bond donors (Lipinski definition) is 2. The van der Waals surface area contributed by atoms with Crippen LogP contribution in [0.5, 0.6) is 5.75 Å². The summed E-state index contributed by atoms with van der Waals surface area (Å²) in [5, 5.41) is 9.57. The Kier molecular flexibility index (Phi) is 10.5. The minimum absolute atomic E-state index is 0.0344. The highest BCUT2D eigenvalue weighted by molar-refractivity contribution is 7.89. The summed E-state index contributed by atoms with van der Waals surface area (Å²) in [6.07, 6.45) is -3.72. The van der Waals surface area contributed by atoms with E-state index >= 15 is 0 Å². The number of ether oxygens (including phenoxy) is 1. The summed E-state index contributed by atoms with van der Waals surface area (Å²) in [6, 6.07) is 9.44. The maximum Gasteiger partial charge on any atom is 0.573 e. The SMILES string of the molecule is CCC(F)(F)c1ccc(C[NH-])cc1.Nc1ccnc(N2CCN(S(=O)(=O)c3ccc(OC(F)(F)F)cc3)[C@@H](C(=O)O)C2)n1. The van der Waals surface area contributed by atoms with E-state index in [1.54, 1.807) is 12.1 Å². The van der Waals surface area contributed by atoms with Crippen LogP contribution < -0.4 is 15.4 Å². The normalized spacial score (nSPS) is 16.3. The molecule has 3 aromatic rings. The van der Waals surface area contributed by atoms with Crippen LogP contribution in [0.1, 0.15) is 24.5 Å². The van der Waals surface area contributed by atoms with E-state index < -0.39 is 40.1 Å². The number of nitrogens with two attached hydrogens (primary N) is 1. The number of hydrogen-bond acceptors (Lipinski definition) is 8. The second-order valence-corrected chi connectivity index (χ2v) is 11.0. The van der Waals surface area contributed by atoms with E-state index in [2.05, 4.69) is 14.7 Å². The van der Waals surface area contributed by atoms with Gasteiger partial charge >= 0.3 is 12.3 Å². The van der Waals surface area contributed by atoms with Crippen LogP contribution in [0.25, 0.3) is 5.73 Å². The smallest absolute Gasteiger partial charge is 0.573 e. The van der Waals surface area contributed by atoms with Crippen LogP contribution >= 0.6 is 0 Å². The molecule has 0 bridgehead atoms. The first-order chi connectivity index (χ1) is 20.1. The molecule has 0 radical (unpaired) electrons. The van der Waals surface area contributed by atoms with E-state index in [0.717, 1.165) is 34.1 Å². The largest absolute Gasteiger partial charge is 0.674 e. The highest BCUT2D eigenvalue weighted by atomic mass is 32.2. The third-order valence-corrected chi connectivity index (χ3v) is 8.17. The second kappa shape index (κ2) is 13.5. The Morgan fingerprint density at radius 2 is 1.70 bits per heavy atom. The molecule has 2 aromatic carbocycles. The van der Waals surface area contributed by atoms with E-state index in [9.17, 15) is 40.3 Å². The molecule has 0 aliphatic carbocycles. The summed E-state index contributed by atoms with van der Waals surface area (Å²) in [5.74, 6) is -4.40. The van der Waals surface area contributed by atoms with Crippen molar-refractivity contribution >= 4 is 27.8 Å². The molecule has 17 heteroatoms. The first-order valence-electron chi connectivity index (χ1n) is 12.6. The van der Waals surface area contributed by atoms with Crippen LogP contribution in [-0.2, 0) is 27.3 Å². The Hall–Kier alpha value is -4.09. The van der Waals surface area contributed by atoms with Gasteiger partial charge in [-0.05, 0) is 30.3 Å². The molecule has 1 aliphatic heterocycles. The summed E-state index contributed by atoms with van der Waals surface area (Å²) in [5.41, 5.74) is 13.4. The standard InChI is InChI=1S/C16H16F3N5O5S.C10H12F2N/c17-16(18,19)29-10-1-3-11(4-2-10)30(27,28)24-8-7-23(9-12(24)14(25)26)15-21-6-5-13(20)22-15;1-2-10(11,12)9-5-3-8(7-13)4-6-9/h1-6,12H,7-9H2,(H,25,26)(H2,20,21,22);3-6,13H,2,7H2,1H3/q;-1/t12-;/m1./s1. The number of halogens is 5. The topological polar surface area (TPSA) is 163 Å². The van der Waals surface area contributed by atoms with Gasteiger partial charge in [-0.15, -0.1) is 19.7 Å². The number of piperazine rings is 1. The molecule has 1 aliphatic rings. The minimum Gasteiger partial charge on any atom is -0.674 e. The van der Waals surface area contributed by atoms with Crippen LogP contribution in [0, 0.1) is 0 Å². The molecule has 1 atom stereocenters. The molecule has 43 heavy (non-hydrogen) atoms. The Labute approximate surface area is 243 Å². The number of sulfonamides is 1. The molecular formula is C26H28F5N6O5S-. The van der Waals surface area contributed by atoms with Crippen molar-refractivity contribution in [3.8, 4) is 5.75 Å². The molecule has 0 saturated carbocycles. The van der Waals surface area contributed by atoms with E-state index in [0.29, 0.717) is 0 Å². The fraction of sp³-hybridized carbons (Fsp3) is 0.346. The summed E-state index contributed by atoms with van der Waals surface area (Å²) in [6.45, 7) is 1.23. The van der Waals surface area contributed by atoms with Crippen molar-refractivity contribution in [2.75, 3.05) is 30.3 Å². The van der Waals surface area contributed by atoms with Gasteiger partial charge in [0.1, 0.15) is 17.6 Å². The molecule has 1 aromatic heterocycles. The quantitative estimate of drug-likeness (QED) is 0.337. The number of aliphatic carboxylic acids is 1. The van der Waals surface area contributed by atoms with Crippen molar-refractivity contribution in [2.45, 2.75) is 43.1 Å². The number of aromatic nitrogens is 2. The number of anilines is 2. The number of nitrogens with one attached hydrogen (secondary N) is 1. The van der Waals surface area contributed by atoms with Crippen LogP contribution in [0.15, 0.2) is 65.7 Å². The zero-order valence-electron chi connectivity index (χ0n) is 22.6. The number of nitrogen functional groups attached to an aromatic ring is 1. The number of carboxylic acids is 1. The fourth-order valence-electron chi connectivity index (χ4n) is 3.97. The van der Waals surface area contributed by atoms with Gasteiger partial charge < -0.3 is 26.2 Å². The van der Waals surface area contributed by atoms with Crippen LogP contribution in [-0.4, -0.2) is 65.8 Å². The van der Waals surface area contributed by atoms with Crippen LogP contribution in [0.2, 0.25) is 0 Å². The molecule has 1 saturated heterocycles. The van der Waals surface area contributed by atoms with E-state index in [-0.39, 0.29) is 54.8 Å². The Morgan fingerprint density at radius 1 is 1.07 bits per heavy atom. The molecule has 4 N–H and O–H groups in total. The first-order valence-corrected chi connectivity index (χ1v) is 14.1. The number of nitrogens with zero attached hydrogens (tertiary/aromatic N) is 4. The van der Waals surface area contributed by atoms with Gasteiger partial charge in [0.2, 0.25) is 16.0 Å². The number of benzene rings is 2. The van der Waals surface area contributed by atoms with E-state index in [1.165, 1.54) is 36.2 Å². The van der Waals surface area contributed by atoms with Gasteiger partial charge in [0.15, 0.2) is 0 Å². The average molecular weight is 632 g/mol. The lowest BCUT2D eigenvalue weighted by molar-refractivity contribution is -0.274. The molecule has 2 heterocycles. The lowest BCUT2D eigenvalue weighted by Gasteiger charge is -2.38. The van der Waals surface area contributed by atoms with Crippen molar-refractivity contribution in [1.29, 1.82) is 0 Å². The third-order valence-electron chi connectivity index (χ3n) is 6.25. The molecule has 4 rings (SSSR count). The number of alkyl halides is 5. The average Bonchev–Trinajstić information content (AvgIpc) is 2.96. The van der Waals surface area contributed by atoms with Gasteiger partial charge in [-0.1, -0.05) is 36.8 Å². The van der Waals surface area contributed by atoms with Gasteiger partial charge in [0.05, 0.1) is 4.90 Å². The van der Waals surface area contributed by atoms with Crippen molar-refractivity contribution in [1.82, 2.24) is 14.3 Å². The zero-order chi connectivity index (χ0) is 32.0. The second-order valence-electron chi connectivity index (χ2n) is 9.15. The Bertz CT molecular complexity index is 1490. The molecule has 0 amide bonds. The predicted molar refractivity (Wildman–Crippen MR) is 146 cm³/mol. The Balaban J connectivity index is 0.000000326.